The molecule has 2 rings (SSSR count). The second kappa shape index (κ2) is 5.42. The molecule has 3 heteroatoms. The largest absolute Gasteiger partial charge is 0.384 e. The van der Waals surface area contributed by atoms with E-state index in [9.17, 15) is 0 Å². The van der Waals surface area contributed by atoms with E-state index in [1.165, 1.54) is 25.7 Å². The van der Waals surface area contributed by atoms with E-state index in [1.54, 1.807) is 0 Å². The maximum atomic E-state index is 6.48. The minimum absolute atomic E-state index is 0.0386. The molecule has 2 N–H and O–H groups in total. The minimum atomic E-state index is 0.0386. The van der Waals surface area contributed by atoms with Crippen LogP contribution in [0.5, 0.6) is 0 Å². The Bertz CT molecular complexity index is 465. The Morgan fingerprint density at radius 3 is 2.35 bits per heavy atom. The molecule has 1 aliphatic rings. The predicted molar refractivity (Wildman–Crippen MR) is 86.1 cm³/mol. The summed E-state index contributed by atoms with van der Waals surface area (Å²) in [7, 11) is 0. The third kappa shape index (κ3) is 2.87. The van der Waals surface area contributed by atoms with Gasteiger partial charge < -0.3 is 10.3 Å². The first-order valence-corrected chi connectivity index (χ1v) is 8.10. The molecule has 1 aromatic rings. The van der Waals surface area contributed by atoms with Crippen LogP contribution in [0.15, 0.2) is 0 Å². The van der Waals surface area contributed by atoms with Gasteiger partial charge >= 0.3 is 0 Å². The smallest absolute Gasteiger partial charge is 0.127 e. The van der Waals surface area contributed by atoms with Crippen molar-refractivity contribution in [2.75, 3.05) is 5.73 Å². The Kier molecular flexibility index (Phi) is 4.17. The van der Waals surface area contributed by atoms with Crippen LogP contribution in [-0.2, 0) is 5.41 Å². The van der Waals surface area contributed by atoms with Crippen LogP contribution in [0.4, 0.5) is 5.82 Å². The first kappa shape index (κ1) is 15.4. The number of hydrogen-bond donors (Lipinski definition) is 1. The molecule has 2 unspecified atom stereocenters. The van der Waals surface area contributed by atoms with Crippen molar-refractivity contribution in [2.24, 2.45) is 5.92 Å². The van der Waals surface area contributed by atoms with Gasteiger partial charge in [0.1, 0.15) is 11.6 Å². The van der Waals surface area contributed by atoms with Gasteiger partial charge in [-0.3, -0.25) is 0 Å². The number of aromatic nitrogens is 2. The fourth-order valence-electron chi connectivity index (χ4n) is 3.50. The quantitative estimate of drug-likeness (QED) is 0.856. The predicted octanol–water partition coefficient (Wildman–Crippen LogP) is 4.64. The van der Waals surface area contributed by atoms with Crippen molar-refractivity contribution in [1.29, 1.82) is 0 Å². The van der Waals surface area contributed by atoms with Crippen LogP contribution >= 0.6 is 0 Å². The number of anilines is 1. The fourth-order valence-corrected chi connectivity index (χ4v) is 3.50. The average Bonchev–Trinajstić information content (AvgIpc) is 2.66. The Hall–Kier alpha value is -0.990. The van der Waals surface area contributed by atoms with Gasteiger partial charge in [-0.25, -0.2) is 4.98 Å². The third-order valence-electron chi connectivity index (χ3n) is 4.49. The van der Waals surface area contributed by atoms with E-state index >= 15 is 0 Å². The first-order chi connectivity index (χ1) is 9.21. The lowest BCUT2D eigenvalue weighted by Crippen LogP contribution is -2.21. The van der Waals surface area contributed by atoms with Crippen LogP contribution < -0.4 is 5.73 Å². The summed E-state index contributed by atoms with van der Waals surface area (Å²) in [5, 5.41) is 0. The Labute approximate surface area is 124 Å². The molecule has 1 fully saturated rings. The summed E-state index contributed by atoms with van der Waals surface area (Å²) in [6.07, 6.45) is 5.15. The van der Waals surface area contributed by atoms with E-state index in [0.717, 1.165) is 23.3 Å². The Morgan fingerprint density at radius 1 is 1.25 bits per heavy atom. The highest BCUT2D eigenvalue weighted by Crippen LogP contribution is 2.40. The van der Waals surface area contributed by atoms with Crippen molar-refractivity contribution in [3.05, 3.63) is 11.5 Å². The zero-order valence-electron chi connectivity index (χ0n) is 14.0. The molecule has 1 aromatic heterocycles. The fraction of sp³-hybridized carbons (Fsp3) is 0.824. The number of imidazole rings is 1. The van der Waals surface area contributed by atoms with E-state index < -0.39 is 0 Å². The van der Waals surface area contributed by atoms with Gasteiger partial charge in [-0.2, -0.15) is 0 Å². The van der Waals surface area contributed by atoms with Crippen molar-refractivity contribution >= 4 is 5.82 Å². The van der Waals surface area contributed by atoms with Gasteiger partial charge in [-0.05, 0) is 32.6 Å². The lowest BCUT2D eigenvalue weighted by Gasteiger charge is -2.26. The van der Waals surface area contributed by atoms with E-state index in [0.29, 0.717) is 12.0 Å². The molecule has 20 heavy (non-hydrogen) atoms. The normalized spacial score (nSPS) is 24.4. The Balaban J connectivity index is 2.44. The van der Waals surface area contributed by atoms with Crippen molar-refractivity contribution in [3.63, 3.8) is 0 Å². The summed E-state index contributed by atoms with van der Waals surface area (Å²) in [4.78, 5) is 5.00. The van der Waals surface area contributed by atoms with E-state index in [-0.39, 0.29) is 5.41 Å². The lowest BCUT2D eigenvalue weighted by molar-refractivity contribution is 0.340. The van der Waals surface area contributed by atoms with Crippen molar-refractivity contribution in [2.45, 2.75) is 84.6 Å². The van der Waals surface area contributed by atoms with Crippen LogP contribution in [-0.4, -0.2) is 9.55 Å². The van der Waals surface area contributed by atoms with Crippen LogP contribution in [0.1, 0.15) is 90.7 Å². The molecule has 0 radical (unpaired) electrons. The average molecular weight is 277 g/mol. The molecule has 0 aliphatic heterocycles. The molecule has 1 heterocycles. The molecule has 114 valence electrons. The molecule has 0 bridgehead atoms. The SMILES string of the molecule is CC1CCCC(c2nc(C(C)(C)C)n(C(C)C)c2N)C1. The summed E-state index contributed by atoms with van der Waals surface area (Å²) < 4.78 is 2.24. The van der Waals surface area contributed by atoms with Crippen molar-refractivity contribution < 1.29 is 0 Å². The van der Waals surface area contributed by atoms with Crippen LogP contribution in [0.3, 0.4) is 0 Å². The van der Waals surface area contributed by atoms with E-state index in [2.05, 4.69) is 46.1 Å². The number of nitrogen functional groups attached to an aromatic ring is 1. The maximum Gasteiger partial charge on any atom is 0.127 e. The first-order valence-electron chi connectivity index (χ1n) is 8.10. The monoisotopic (exact) mass is 277 g/mol. The molecule has 0 amide bonds. The number of nitrogens with zero attached hydrogens (tertiary/aromatic N) is 2. The second-order valence-corrected chi connectivity index (χ2v) is 7.89. The molecule has 0 spiro atoms. The highest BCUT2D eigenvalue weighted by atomic mass is 15.2. The maximum absolute atomic E-state index is 6.48. The van der Waals surface area contributed by atoms with Gasteiger partial charge in [-0.1, -0.05) is 40.5 Å². The Morgan fingerprint density at radius 2 is 1.90 bits per heavy atom. The van der Waals surface area contributed by atoms with Crippen LogP contribution in [0.2, 0.25) is 0 Å². The highest BCUT2D eigenvalue weighted by molar-refractivity contribution is 5.42. The van der Waals surface area contributed by atoms with Gasteiger partial charge in [0.2, 0.25) is 0 Å². The molecule has 1 aliphatic carbocycles. The van der Waals surface area contributed by atoms with Gasteiger partial charge in [0.25, 0.3) is 0 Å². The molecular weight excluding hydrogens is 246 g/mol. The topological polar surface area (TPSA) is 43.8 Å². The summed E-state index contributed by atoms with van der Waals surface area (Å²) in [6, 6.07) is 0.367. The van der Waals surface area contributed by atoms with Crippen molar-refractivity contribution in [3.8, 4) is 0 Å². The van der Waals surface area contributed by atoms with Crippen molar-refractivity contribution in [1.82, 2.24) is 9.55 Å². The molecule has 3 nitrogen and oxygen atoms in total. The van der Waals surface area contributed by atoms with Gasteiger partial charge in [0.05, 0.1) is 5.69 Å². The number of nitrogens with two attached hydrogens (primary N) is 1. The van der Waals surface area contributed by atoms with Crippen LogP contribution in [0, 0.1) is 5.92 Å². The van der Waals surface area contributed by atoms with Gasteiger partial charge in [0, 0.05) is 17.4 Å². The zero-order chi connectivity index (χ0) is 15.1. The molecule has 2 atom stereocenters. The zero-order valence-corrected chi connectivity index (χ0v) is 14.0. The molecule has 1 saturated carbocycles. The molecule has 0 aromatic carbocycles. The van der Waals surface area contributed by atoms with E-state index in [4.69, 9.17) is 10.7 Å². The third-order valence-corrected chi connectivity index (χ3v) is 4.49. The highest BCUT2D eigenvalue weighted by Gasteiger charge is 2.31. The number of hydrogen-bond acceptors (Lipinski definition) is 2. The lowest BCUT2D eigenvalue weighted by atomic mass is 9.81. The van der Waals surface area contributed by atoms with E-state index in [1.807, 2.05) is 0 Å². The summed E-state index contributed by atoms with van der Waals surface area (Å²) in [5.74, 6) is 3.40. The summed E-state index contributed by atoms with van der Waals surface area (Å²) >= 11 is 0. The summed E-state index contributed by atoms with van der Waals surface area (Å²) in [6.45, 7) is 13.4. The van der Waals surface area contributed by atoms with Gasteiger partial charge in [-0.15, -0.1) is 0 Å². The standard InChI is InChI=1S/C17H31N3/c1-11(2)20-15(18)14(19-16(20)17(4,5)6)13-9-7-8-12(3)10-13/h11-13H,7-10,18H2,1-6H3. The second-order valence-electron chi connectivity index (χ2n) is 7.89. The minimum Gasteiger partial charge on any atom is -0.384 e. The number of rotatable bonds is 2. The molecular formula is C17H31N3. The summed E-state index contributed by atoms with van der Waals surface area (Å²) in [5.41, 5.74) is 7.68. The van der Waals surface area contributed by atoms with Crippen LogP contribution in [0.25, 0.3) is 0 Å². The molecule has 0 saturated heterocycles. The van der Waals surface area contributed by atoms with Gasteiger partial charge in [0.15, 0.2) is 0 Å².